The van der Waals surface area contributed by atoms with E-state index in [4.69, 9.17) is 5.73 Å². The van der Waals surface area contributed by atoms with Crippen molar-refractivity contribution in [2.75, 3.05) is 13.1 Å². The standard InChI is InChI=1S/C11H17FN2/c1-9-3-4-11(12)7-10(9)8-14-6-2-5-13/h3-4,7,14H,2,5-6,8,13H2,1H3. The Balaban J connectivity index is 2.45. The average molecular weight is 196 g/mol. The van der Waals surface area contributed by atoms with Crippen LogP contribution in [0.5, 0.6) is 0 Å². The molecule has 0 aliphatic heterocycles. The molecule has 3 N–H and O–H groups in total. The number of nitrogens with two attached hydrogens (primary N) is 1. The predicted molar refractivity (Wildman–Crippen MR) is 56.5 cm³/mol. The van der Waals surface area contributed by atoms with Gasteiger partial charge in [0.25, 0.3) is 0 Å². The number of rotatable bonds is 5. The molecule has 78 valence electrons. The quantitative estimate of drug-likeness (QED) is 0.702. The lowest BCUT2D eigenvalue weighted by Gasteiger charge is -2.07. The van der Waals surface area contributed by atoms with E-state index >= 15 is 0 Å². The minimum Gasteiger partial charge on any atom is -0.330 e. The molecule has 0 aliphatic carbocycles. The molecule has 1 rings (SSSR count). The predicted octanol–water partition coefficient (Wildman–Crippen LogP) is 1.57. The molecule has 3 heteroatoms. The molecule has 0 saturated carbocycles. The summed E-state index contributed by atoms with van der Waals surface area (Å²) in [6, 6.07) is 4.86. The molecule has 0 atom stereocenters. The van der Waals surface area contributed by atoms with Gasteiger partial charge in [0, 0.05) is 6.54 Å². The lowest BCUT2D eigenvalue weighted by Crippen LogP contribution is -2.18. The van der Waals surface area contributed by atoms with Gasteiger partial charge in [0.2, 0.25) is 0 Å². The van der Waals surface area contributed by atoms with Crippen LogP contribution in [0.25, 0.3) is 0 Å². The van der Waals surface area contributed by atoms with E-state index in [9.17, 15) is 4.39 Å². The molecule has 0 saturated heterocycles. The van der Waals surface area contributed by atoms with Gasteiger partial charge in [0.1, 0.15) is 5.82 Å². The molecule has 0 radical (unpaired) electrons. The Morgan fingerprint density at radius 2 is 2.21 bits per heavy atom. The molecule has 0 fully saturated rings. The molecule has 0 amide bonds. The molecule has 0 bridgehead atoms. The van der Waals surface area contributed by atoms with Crippen molar-refractivity contribution in [1.29, 1.82) is 0 Å². The van der Waals surface area contributed by atoms with E-state index in [1.54, 1.807) is 12.1 Å². The smallest absolute Gasteiger partial charge is 0.123 e. The number of benzene rings is 1. The van der Waals surface area contributed by atoms with Crippen LogP contribution in [0, 0.1) is 12.7 Å². The average Bonchev–Trinajstić information content (AvgIpc) is 2.18. The summed E-state index contributed by atoms with van der Waals surface area (Å²) < 4.78 is 12.9. The highest BCUT2D eigenvalue weighted by Crippen LogP contribution is 2.09. The van der Waals surface area contributed by atoms with Gasteiger partial charge in [0.05, 0.1) is 0 Å². The fourth-order valence-corrected chi connectivity index (χ4v) is 1.28. The molecule has 2 nitrogen and oxygen atoms in total. The fourth-order valence-electron chi connectivity index (χ4n) is 1.28. The lowest BCUT2D eigenvalue weighted by molar-refractivity contribution is 0.615. The first kappa shape index (κ1) is 11.1. The van der Waals surface area contributed by atoms with Crippen LogP contribution in [0.3, 0.4) is 0 Å². The Bertz CT molecular complexity index is 287. The summed E-state index contributed by atoms with van der Waals surface area (Å²) in [5.41, 5.74) is 7.50. The van der Waals surface area contributed by atoms with Gasteiger partial charge in [-0.15, -0.1) is 0 Å². The van der Waals surface area contributed by atoms with Gasteiger partial charge in [-0.1, -0.05) is 6.07 Å². The zero-order chi connectivity index (χ0) is 10.4. The number of hydrogen-bond donors (Lipinski definition) is 2. The van der Waals surface area contributed by atoms with E-state index in [2.05, 4.69) is 5.32 Å². The van der Waals surface area contributed by atoms with Crippen LogP contribution in [0.15, 0.2) is 18.2 Å². The maximum Gasteiger partial charge on any atom is 0.123 e. The van der Waals surface area contributed by atoms with Gasteiger partial charge in [-0.05, 0) is 49.7 Å². The van der Waals surface area contributed by atoms with Crippen LogP contribution >= 0.6 is 0 Å². The monoisotopic (exact) mass is 196 g/mol. The summed E-state index contributed by atoms with van der Waals surface area (Å²) >= 11 is 0. The minimum absolute atomic E-state index is 0.175. The highest BCUT2D eigenvalue weighted by molar-refractivity contribution is 5.26. The van der Waals surface area contributed by atoms with E-state index in [-0.39, 0.29) is 5.82 Å². The number of nitrogens with one attached hydrogen (secondary N) is 1. The third-order valence-electron chi connectivity index (χ3n) is 2.18. The zero-order valence-electron chi connectivity index (χ0n) is 8.52. The normalized spacial score (nSPS) is 10.5. The Morgan fingerprint density at radius 1 is 1.43 bits per heavy atom. The van der Waals surface area contributed by atoms with Gasteiger partial charge in [0.15, 0.2) is 0 Å². The third-order valence-corrected chi connectivity index (χ3v) is 2.18. The van der Waals surface area contributed by atoms with Crippen LogP contribution in [-0.4, -0.2) is 13.1 Å². The first-order chi connectivity index (χ1) is 6.74. The highest BCUT2D eigenvalue weighted by atomic mass is 19.1. The van der Waals surface area contributed by atoms with Crippen molar-refractivity contribution in [2.24, 2.45) is 5.73 Å². The molecule has 14 heavy (non-hydrogen) atoms. The van der Waals surface area contributed by atoms with Gasteiger partial charge >= 0.3 is 0 Å². The van der Waals surface area contributed by atoms with Crippen molar-refractivity contribution in [3.05, 3.63) is 35.1 Å². The second-order valence-electron chi connectivity index (χ2n) is 3.39. The Labute approximate surface area is 84.3 Å². The van der Waals surface area contributed by atoms with Gasteiger partial charge in [-0.3, -0.25) is 0 Å². The first-order valence-electron chi connectivity index (χ1n) is 4.90. The lowest BCUT2D eigenvalue weighted by atomic mass is 10.1. The minimum atomic E-state index is -0.175. The van der Waals surface area contributed by atoms with E-state index in [1.165, 1.54) is 6.07 Å². The van der Waals surface area contributed by atoms with Crippen LogP contribution < -0.4 is 11.1 Å². The summed E-state index contributed by atoms with van der Waals surface area (Å²) in [5.74, 6) is -0.175. The largest absolute Gasteiger partial charge is 0.330 e. The van der Waals surface area contributed by atoms with Crippen molar-refractivity contribution >= 4 is 0 Å². The van der Waals surface area contributed by atoms with Crippen molar-refractivity contribution in [3.63, 3.8) is 0 Å². The molecule has 0 unspecified atom stereocenters. The number of halogens is 1. The van der Waals surface area contributed by atoms with Crippen LogP contribution in [0.4, 0.5) is 4.39 Å². The van der Waals surface area contributed by atoms with Crippen molar-refractivity contribution in [1.82, 2.24) is 5.32 Å². The zero-order valence-corrected chi connectivity index (χ0v) is 8.52. The summed E-state index contributed by atoms with van der Waals surface area (Å²) in [7, 11) is 0. The van der Waals surface area contributed by atoms with Crippen LogP contribution in [0.2, 0.25) is 0 Å². The van der Waals surface area contributed by atoms with Crippen LogP contribution in [0.1, 0.15) is 17.5 Å². The second-order valence-corrected chi connectivity index (χ2v) is 3.39. The SMILES string of the molecule is Cc1ccc(F)cc1CNCCCN. The van der Waals surface area contributed by atoms with E-state index in [0.29, 0.717) is 13.1 Å². The molecule has 1 aromatic rings. The van der Waals surface area contributed by atoms with Crippen LogP contribution in [-0.2, 0) is 6.54 Å². The Kier molecular flexibility index (Phi) is 4.56. The Morgan fingerprint density at radius 3 is 2.93 bits per heavy atom. The number of hydrogen-bond acceptors (Lipinski definition) is 2. The summed E-state index contributed by atoms with van der Waals surface area (Å²) in [6.45, 7) is 4.27. The molecule has 0 spiro atoms. The maximum atomic E-state index is 12.9. The second kappa shape index (κ2) is 5.73. The van der Waals surface area contributed by atoms with Crippen molar-refractivity contribution < 1.29 is 4.39 Å². The van der Waals surface area contributed by atoms with Gasteiger partial charge in [-0.2, -0.15) is 0 Å². The third kappa shape index (κ3) is 3.44. The molecular formula is C11H17FN2. The van der Waals surface area contributed by atoms with E-state index in [1.807, 2.05) is 6.92 Å². The topological polar surface area (TPSA) is 38.0 Å². The molecule has 0 aromatic heterocycles. The maximum absolute atomic E-state index is 12.9. The highest BCUT2D eigenvalue weighted by Gasteiger charge is 1.99. The fraction of sp³-hybridized carbons (Fsp3) is 0.455. The summed E-state index contributed by atoms with van der Waals surface area (Å²) in [6.07, 6.45) is 0.953. The summed E-state index contributed by atoms with van der Waals surface area (Å²) in [4.78, 5) is 0. The Hall–Kier alpha value is -0.930. The van der Waals surface area contributed by atoms with E-state index in [0.717, 1.165) is 24.1 Å². The van der Waals surface area contributed by atoms with Crippen molar-refractivity contribution in [2.45, 2.75) is 19.9 Å². The van der Waals surface area contributed by atoms with Gasteiger partial charge in [-0.25, -0.2) is 4.39 Å². The summed E-state index contributed by atoms with van der Waals surface area (Å²) in [5, 5.41) is 3.22. The molecule has 0 aliphatic rings. The number of aryl methyl sites for hydroxylation is 1. The molecule has 0 heterocycles. The van der Waals surface area contributed by atoms with Gasteiger partial charge < -0.3 is 11.1 Å². The molecule has 1 aromatic carbocycles. The molecular weight excluding hydrogens is 179 g/mol. The van der Waals surface area contributed by atoms with Crippen molar-refractivity contribution in [3.8, 4) is 0 Å². The van der Waals surface area contributed by atoms with E-state index < -0.39 is 0 Å². The first-order valence-corrected chi connectivity index (χ1v) is 4.90.